The van der Waals surface area contributed by atoms with E-state index in [9.17, 15) is 4.79 Å². The van der Waals surface area contributed by atoms with Crippen molar-refractivity contribution in [2.75, 3.05) is 19.7 Å². The van der Waals surface area contributed by atoms with Gasteiger partial charge in [-0.3, -0.25) is 4.79 Å². The second kappa shape index (κ2) is 5.80. The second-order valence-electron chi connectivity index (χ2n) is 6.56. The lowest BCUT2D eigenvalue weighted by atomic mass is 9.95. The first-order valence-electron chi connectivity index (χ1n) is 7.66. The molecule has 0 radical (unpaired) electrons. The lowest BCUT2D eigenvalue weighted by molar-refractivity contribution is -0.149. The Labute approximate surface area is 116 Å². The molecule has 1 saturated carbocycles. The molecule has 110 valence electrons. The fourth-order valence-electron chi connectivity index (χ4n) is 3.51. The van der Waals surface area contributed by atoms with Crippen LogP contribution in [0.4, 0.5) is 0 Å². The summed E-state index contributed by atoms with van der Waals surface area (Å²) in [5.41, 5.74) is 5.50. The highest BCUT2D eigenvalue weighted by Gasteiger charge is 2.46. The quantitative estimate of drug-likeness (QED) is 0.790. The Bertz CT molecular complexity index is 332. The van der Waals surface area contributed by atoms with Crippen LogP contribution in [0.15, 0.2) is 0 Å². The molecule has 0 spiro atoms. The summed E-state index contributed by atoms with van der Waals surface area (Å²) in [4.78, 5) is 14.5. The molecule has 4 heteroatoms. The van der Waals surface area contributed by atoms with Crippen molar-refractivity contribution in [1.29, 1.82) is 0 Å². The van der Waals surface area contributed by atoms with E-state index < -0.39 is 5.54 Å². The third-order valence-electron chi connectivity index (χ3n) is 4.92. The van der Waals surface area contributed by atoms with Gasteiger partial charge in [-0.2, -0.15) is 0 Å². The smallest absolute Gasteiger partial charge is 0.326 e. The fraction of sp³-hybridized carbons (Fsp3) is 0.933. The van der Waals surface area contributed by atoms with Crippen molar-refractivity contribution in [3.63, 3.8) is 0 Å². The molecule has 2 rings (SSSR count). The zero-order valence-corrected chi connectivity index (χ0v) is 12.5. The number of likely N-dealkylation sites (tertiary alicyclic amines) is 1. The maximum absolute atomic E-state index is 11.9. The van der Waals surface area contributed by atoms with Gasteiger partial charge in [0.1, 0.15) is 5.54 Å². The van der Waals surface area contributed by atoms with Gasteiger partial charge in [-0.05, 0) is 51.0 Å². The lowest BCUT2D eigenvalue weighted by Gasteiger charge is -2.27. The number of carbonyl (C=O) groups is 1. The van der Waals surface area contributed by atoms with Crippen LogP contribution in [-0.4, -0.2) is 42.1 Å². The van der Waals surface area contributed by atoms with Crippen LogP contribution >= 0.6 is 0 Å². The summed E-state index contributed by atoms with van der Waals surface area (Å²) < 4.78 is 5.12. The Kier molecular flexibility index (Phi) is 4.51. The first-order valence-corrected chi connectivity index (χ1v) is 7.66. The minimum absolute atomic E-state index is 0.211. The Hall–Kier alpha value is -0.610. The Morgan fingerprint density at radius 3 is 2.79 bits per heavy atom. The van der Waals surface area contributed by atoms with Gasteiger partial charge in [-0.15, -0.1) is 0 Å². The van der Waals surface area contributed by atoms with Crippen LogP contribution in [0.25, 0.3) is 0 Å². The van der Waals surface area contributed by atoms with E-state index in [-0.39, 0.29) is 5.97 Å². The molecular weight excluding hydrogens is 240 g/mol. The van der Waals surface area contributed by atoms with Gasteiger partial charge in [0.2, 0.25) is 0 Å². The molecule has 2 N–H and O–H groups in total. The van der Waals surface area contributed by atoms with Gasteiger partial charge in [0, 0.05) is 12.6 Å². The SMILES string of the molecule is CCOC(=O)C1(N)CCC(N2CCC(C(C)C)C2)C1. The second-order valence-corrected chi connectivity index (χ2v) is 6.56. The van der Waals surface area contributed by atoms with Crippen LogP contribution in [0.3, 0.4) is 0 Å². The summed E-state index contributed by atoms with van der Waals surface area (Å²) in [6.07, 6.45) is 3.83. The van der Waals surface area contributed by atoms with E-state index in [1.165, 1.54) is 13.0 Å². The van der Waals surface area contributed by atoms with Gasteiger partial charge in [0.15, 0.2) is 0 Å². The lowest BCUT2D eigenvalue weighted by Crippen LogP contribution is -2.48. The minimum Gasteiger partial charge on any atom is -0.465 e. The summed E-state index contributed by atoms with van der Waals surface area (Å²) in [6, 6.07) is 0.471. The number of nitrogens with zero attached hydrogens (tertiary/aromatic N) is 1. The molecule has 1 aliphatic carbocycles. The van der Waals surface area contributed by atoms with Gasteiger partial charge in [-0.1, -0.05) is 13.8 Å². The van der Waals surface area contributed by atoms with Crippen molar-refractivity contribution in [3.05, 3.63) is 0 Å². The molecule has 0 aromatic carbocycles. The monoisotopic (exact) mass is 268 g/mol. The zero-order valence-electron chi connectivity index (χ0n) is 12.5. The van der Waals surface area contributed by atoms with Crippen molar-refractivity contribution in [1.82, 2.24) is 4.90 Å². The number of hydrogen-bond donors (Lipinski definition) is 1. The molecule has 3 unspecified atom stereocenters. The summed E-state index contributed by atoms with van der Waals surface area (Å²) in [5, 5.41) is 0. The number of rotatable bonds is 4. The van der Waals surface area contributed by atoms with Crippen molar-refractivity contribution < 1.29 is 9.53 Å². The predicted octanol–water partition coefficient (Wildman–Crippen LogP) is 1.78. The number of esters is 1. The van der Waals surface area contributed by atoms with Gasteiger partial charge >= 0.3 is 5.97 Å². The Morgan fingerprint density at radius 2 is 2.21 bits per heavy atom. The molecular formula is C15H28N2O2. The summed E-state index contributed by atoms with van der Waals surface area (Å²) in [6.45, 7) is 9.18. The van der Waals surface area contributed by atoms with Crippen LogP contribution in [0.1, 0.15) is 46.5 Å². The third-order valence-corrected chi connectivity index (χ3v) is 4.92. The van der Waals surface area contributed by atoms with Crippen molar-refractivity contribution in [3.8, 4) is 0 Å². The van der Waals surface area contributed by atoms with E-state index in [1.54, 1.807) is 0 Å². The highest BCUT2D eigenvalue weighted by Crippen LogP contribution is 2.36. The predicted molar refractivity (Wildman–Crippen MR) is 75.7 cm³/mol. The summed E-state index contributed by atoms with van der Waals surface area (Å²) in [5.74, 6) is 1.34. The normalized spacial score (nSPS) is 36.1. The Morgan fingerprint density at radius 1 is 1.47 bits per heavy atom. The maximum atomic E-state index is 11.9. The minimum atomic E-state index is -0.739. The third kappa shape index (κ3) is 3.11. The molecule has 0 aromatic rings. The van der Waals surface area contributed by atoms with E-state index >= 15 is 0 Å². The van der Waals surface area contributed by atoms with Gasteiger partial charge in [0.25, 0.3) is 0 Å². The molecule has 1 saturated heterocycles. The molecule has 0 amide bonds. The average Bonchev–Trinajstić information content (AvgIpc) is 2.96. The highest BCUT2D eigenvalue weighted by molar-refractivity contribution is 5.81. The molecule has 1 aliphatic heterocycles. The number of hydrogen-bond acceptors (Lipinski definition) is 4. The standard InChI is InChI=1S/C15H28N2O2/c1-4-19-14(18)15(16)7-5-13(9-15)17-8-6-12(10-17)11(2)3/h11-13H,4-10,16H2,1-3H3. The molecule has 4 nitrogen and oxygen atoms in total. The zero-order chi connectivity index (χ0) is 14.0. The fourth-order valence-corrected chi connectivity index (χ4v) is 3.51. The largest absolute Gasteiger partial charge is 0.465 e. The molecule has 1 heterocycles. The number of carbonyl (C=O) groups excluding carboxylic acids is 1. The molecule has 0 bridgehead atoms. The van der Waals surface area contributed by atoms with Gasteiger partial charge in [0.05, 0.1) is 6.61 Å². The molecule has 2 fully saturated rings. The first kappa shape index (κ1) is 14.8. The number of nitrogens with two attached hydrogens (primary N) is 1. The van der Waals surface area contributed by atoms with E-state index in [2.05, 4.69) is 18.7 Å². The van der Waals surface area contributed by atoms with Crippen LogP contribution < -0.4 is 5.73 Å². The van der Waals surface area contributed by atoms with Gasteiger partial charge < -0.3 is 15.4 Å². The van der Waals surface area contributed by atoms with Crippen molar-refractivity contribution in [2.24, 2.45) is 17.6 Å². The molecule has 2 aliphatic rings. The van der Waals surface area contributed by atoms with E-state index in [0.717, 1.165) is 37.6 Å². The highest BCUT2D eigenvalue weighted by atomic mass is 16.5. The average molecular weight is 268 g/mol. The first-order chi connectivity index (χ1) is 8.96. The maximum Gasteiger partial charge on any atom is 0.326 e. The van der Waals surface area contributed by atoms with Crippen LogP contribution in [-0.2, 0) is 9.53 Å². The Balaban J connectivity index is 1.90. The van der Waals surface area contributed by atoms with Gasteiger partial charge in [-0.25, -0.2) is 0 Å². The number of ether oxygens (including phenoxy) is 1. The molecule has 19 heavy (non-hydrogen) atoms. The van der Waals surface area contributed by atoms with E-state index in [1.807, 2.05) is 6.92 Å². The molecule has 0 aromatic heterocycles. The summed E-state index contributed by atoms with van der Waals surface area (Å²) in [7, 11) is 0. The van der Waals surface area contributed by atoms with Crippen LogP contribution in [0, 0.1) is 11.8 Å². The van der Waals surface area contributed by atoms with Crippen molar-refractivity contribution >= 4 is 5.97 Å². The molecule has 3 atom stereocenters. The van der Waals surface area contributed by atoms with Crippen molar-refractivity contribution in [2.45, 2.75) is 58.0 Å². The summed E-state index contributed by atoms with van der Waals surface area (Å²) >= 11 is 0. The van der Waals surface area contributed by atoms with E-state index in [4.69, 9.17) is 10.5 Å². The van der Waals surface area contributed by atoms with Crippen LogP contribution in [0.5, 0.6) is 0 Å². The topological polar surface area (TPSA) is 55.6 Å². The van der Waals surface area contributed by atoms with E-state index in [0.29, 0.717) is 12.6 Å². The van der Waals surface area contributed by atoms with Crippen LogP contribution in [0.2, 0.25) is 0 Å².